The van der Waals surface area contributed by atoms with Crippen molar-refractivity contribution in [2.75, 3.05) is 26.9 Å². The van der Waals surface area contributed by atoms with Gasteiger partial charge in [-0.05, 0) is 19.4 Å². The number of benzene rings is 1. The molecule has 0 saturated carbocycles. The van der Waals surface area contributed by atoms with Crippen molar-refractivity contribution >= 4 is 0 Å². The molecule has 1 aromatic carbocycles. The van der Waals surface area contributed by atoms with Gasteiger partial charge in [0.05, 0.1) is 25.9 Å². The van der Waals surface area contributed by atoms with E-state index in [2.05, 4.69) is 32.0 Å². The molecule has 0 aliphatic carbocycles. The van der Waals surface area contributed by atoms with E-state index in [1.165, 1.54) is 11.1 Å². The standard InChI is InChI=1S/C14H22O3/c1-11-6-12(2)8-13(7-11)9-14(15)10-17-5-4-16-3/h6-8,14-15H,4-5,9-10H2,1-3H3. The van der Waals surface area contributed by atoms with Gasteiger partial charge in [0.25, 0.3) is 0 Å². The number of rotatable bonds is 7. The first-order valence-electron chi connectivity index (χ1n) is 5.93. The Morgan fingerprint density at radius 2 is 1.76 bits per heavy atom. The Morgan fingerprint density at radius 1 is 1.12 bits per heavy atom. The highest BCUT2D eigenvalue weighted by Gasteiger charge is 2.06. The maximum absolute atomic E-state index is 9.82. The minimum atomic E-state index is -0.451. The molecule has 3 heteroatoms. The summed E-state index contributed by atoms with van der Waals surface area (Å²) in [5, 5.41) is 9.82. The van der Waals surface area contributed by atoms with E-state index in [1.807, 2.05) is 0 Å². The Labute approximate surface area is 103 Å². The normalized spacial score (nSPS) is 12.7. The Bertz CT molecular complexity index is 316. The minimum Gasteiger partial charge on any atom is -0.390 e. The van der Waals surface area contributed by atoms with Crippen molar-refractivity contribution in [1.29, 1.82) is 0 Å². The fourth-order valence-electron chi connectivity index (χ4n) is 1.88. The highest BCUT2D eigenvalue weighted by Crippen LogP contribution is 2.11. The van der Waals surface area contributed by atoms with Gasteiger partial charge in [-0.2, -0.15) is 0 Å². The van der Waals surface area contributed by atoms with Crippen LogP contribution < -0.4 is 0 Å². The first kappa shape index (κ1) is 14.2. The van der Waals surface area contributed by atoms with Gasteiger partial charge in [-0.15, -0.1) is 0 Å². The van der Waals surface area contributed by atoms with Gasteiger partial charge >= 0.3 is 0 Å². The van der Waals surface area contributed by atoms with Gasteiger partial charge < -0.3 is 14.6 Å². The number of hydrogen-bond donors (Lipinski definition) is 1. The van der Waals surface area contributed by atoms with Crippen LogP contribution in [0.3, 0.4) is 0 Å². The molecule has 0 saturated heterocycles. The lowest BCUT2D eigenvalue weighted by Gasteiger charge is -2.12. The summed E-state index contributed by atoms with van der Waals surface area (Å²) >= 11 is 0. The quantitative estimate of drug-likeness (QED) is 0.737. The molecule has 3 nitrogen and oxygen atoms in total. The summed E-state index contributed by atoms with van der Waals surface area (Å²) in [5.74, 6) is 0. The van der Waals surface area contributed by atoms with Gasteiger partial charge in [0.1, 0.15) is 0 Å². The summed E-state index contributed by atoms with van der Waals surface area (Å²) in [6.45, 7) is 5.59. The third-order valence-corrected chi connectivity index (χ3v) is 2.49. The topological polar surface area (TPSA) is 38.7 Å². The van der Waals surface area contributed by atoms with Crippen molar-refractivity contribution in [2.24, 2.45) is 0 Å². The van der Waals surface area contributed by atoms with E-state index in [0.717, 1.165) is 5.56 Å². The molecule has 0 aliphatic rings. The summed E-state index contributed by atoms with van der Waals surface area (Å²) in [7, 11) is 1.63. The van der Waals surface area contributed by atoms with Gasteiger partial charge in [0, 0.05) is 13.5 Å². The van der Waals surface area contributed by atoms with E-state index in [1.54, 1.807) is 7.11 Å². The van der Waals surface area contributed by atoms with Gasteiger partial charge in [-0.25, -0.2) is 0 Å². The van der Waals surface area contributed by atoms with Crippen LogP contribution in [0.4, 0.5) is 0 Å². The van der Waals surface area contributed by atoms with Crippen LogP contribution >= 0.6 is 0 Å². The zero-order valence-corrected chi connectivity index (χ0v) is 10.9. The zero-order chi connectivity index (χ0) is 12.7. The second-order valence-corrected chi connectivity index (χ2v) is 4.42. The molecule has 96 valence electrons. The van der Waals surface area contributed by atoms with Crippen LogP contribution in [-0.2, 0) is 15.9 Å². The minimum absolute atomic E-state index is 0.357. The average Bonchev–Trinajstić information content (AvgIpc) is 2.23. The van der Waals surface area contributed by atoms with E-state index in [4.69, 9.17) is 9.47 Å². The lowest BCUT2D eigenvalue weighted by Crippen LogP contribution is -2.19. The fourth-order valence-corrected chi connectivity index (χ4v) is 1.88. The summed E-state index contributed by atoms with van der Waals surface area (Å²) in [4.78, 5) is 0. The Balaban J connectivity index is 2.36. The number of aliphatic hydroxyl groups is 1. The first-order valence-corrected chi connectivity index (χ1v) is 5.93. The lowest BCUT2D eigenvalue weighted by atomic mass is 10.0. The van der Waals surface area contributed by atoms with Crippen LogP contribution in [0.1, 0.15) is 16.7 Å². The molecule has 17 heavy (non-hydrogen) atoms. The lowest BCUT2D eigenvalue weighted by molar-refractivity contribution is 0.0137. The predicted molar refractivity (Wildman–Crippen MR) is 68.3 cm³/mol. The summed E-state index contributed by atoms with van der Waals surface area (Å²) in [6, 6.07) is 6.34. The summed E-state index contributed by atoms with van der Waals surface area (Å²) in [6.07, 6.45) is 0.184. The smallest absolute Gasteiger partial charge is 0.0813 e. The van der Waals surface area contributed by atoms with Crippen molar-refractivity contribution < 1.29 is 14.6 Å². The Hall–Kier alpha value is -0.900. The molecule has 1 rings (SSSR count). The molecule has 0 spiro atoms. The molecular formula is C14H22O3. The molecule has 0 fully saturated rings. The van der Waals surface area contributed by atoms with E-state index >= 15 is 0 Å². The summed E-state index contributed by atoms with van der Waals surface area (Å²) in [5.41, 5.74) is 3.62. The van der Waals surface area contributed by atoms with Crippen LogP contribution in [0.2, 0.25) is 0 Å². The van der Waals surface area contributed by atoms with Crippen molar-refractivity contribution in [3.05, 3.63) is 34.9 Å². The van der Waals surface area contributed by atoms with E-state index in [0.29, 0.717) is 26.2 Å². The average molecular weight is 238 g/mol. The molecule has 0 bridgehead atoms. The van der Waals surface area contributed by atoms with Gasteiger partial charge in [0.15, 0.2) is 0 Å². The molecule has 1 unspecified atom stereocenters. The zero-order valence-electron chi connectivity index (χ0n) is 10.9. The van der Waals surface area contributed by atoms with Crippen molar-refractivity contribution in [3.8, 4) is 0 Å². The maximum atomic E-state index is 9.82. The summed E-state index contributed by atoms with van der Waals surface area (Å²) < 4.78 is 10.2. The molecular weight excluding hydrogens is 216 g/mol. The van der Waals surface area contributed by atoms with Crippen LogP contribution in [0.25, 0.3) is 0 Å². The van der Waals surface area contributed by atoms with Crippen molar-refractivity contribution in [3.63, 3.8) is 0 Å². The second-order valence-electron chi connectivity index (χ2n) is 4.42. The Kier molecular flexibility index (Phi) is 6.19. The largest absolute Gasteiger partial charge is 0.390 e. The van der Waals surface area contributed by atoms with Crippen LogP contribution in [0, 0.1) is 13.8 Å². The first-order chi connectivity index (χ1) is 8.11. The number of hydrogen-bond acceptors (Lipinski definition) is 3. The predicted octanol–water partition coefficient (Wildman–Crippen LogP) is 1.87. The molecule has 0 amide bonds. The monoisotopic (exact) mass is 238 g/mol. The highest BCUT2D eigenvalue weighted by molar-refractivity contribution is 5.28. The molecule has 1 atom stereocenters. The van der Waals surface area contributed by atoms with E-state index < -0.39 is 6.10 Å². The van der Waals surface area contributed by atoms with Gasteiger partial charge in [-0.1, -0.05) is 29.3 Å². The van der Waals surface area contributed by atoms with Crippen LogP contribution in [-0.4, -0.2) is 38.1 Å². The Morgan fingerprint density at radius 3 is 2.35 bits per heavy atom. The SMILES string of the molecule is COCCOCC(O)Cc1cc(C)cc(C)c1. The molecule has 0 aromatic heterocycles. The van der Waals surface area contributed by atoms with E-state index in [-0.39, 0.29) is 0 Å². The van der Waals surface area contributed by atoms with Crippen LogP contribution in [0.15, 0.2) is 18.2 Å². The molecule has 1 N–H and O–H groups in total. The molecule has 0 aliphatic heterocycles. The number of ether oxygens (including phenoxy) is 2. The number of aryl methyl sites for hydroxylation is 2. The third-order valence-electron chi connectivity index (χ3n) is 2.49. The van der Waals surface area contributed by atoms with Gasteiger partial charge in [-0.3, -0.25) is 0 Å². The molecule has 0 heterocycles. The maximum Gasteiger partial charge on any atom is 0.0813 e. The highest BCUT2D eigenvalue weighted by atomic mass is 16.5. The van der Waals surface area contributed by atoms with Crippen LogP contribution in [0.5, 0.6) is 0 Å². The molecule has 0 radical (unpaired) electrons. The van der Waals surface area contributed by atoms with Crippen molar-refractivity contribution in [1.82, 2.24) is 0 Å². The fraction of sp³-hybridized carbons (Fsp3) is 0.571. The van der Waals surface area contributed by atoms with E-state index in [9.17, 15) is 5.11 Å². The number of aliphatic hydroxyl groups excluding tert-OH is 1. The van der Waals surface area contributed by atoms with Crippen molar-refractivity contribution in [2.45, 2.75) is 26.4 Å². The second kappa shape index (κ2) is 7.43. The number of methoxy groups -OCH3 is 1. The molecule has 1 aromatic rings. The van der Waals surface area contributed by atoms with Gasteiger partial charge in [0.2, 0.25) is 0 Å². The third kappa shape index (κ3) is 5.82.